The number of carbonyl (C=O) groups is 2. The first kappa shape index (κ1) is 20.4. The highest BCUT2D eigenvalue weighted by atomic mass is 32.1. The first-order chi connectivity index (χ1) is 14.1. The Balaban J connectivity index is 1.34. The SMILES string of the molecule is CC(C)(C)OC(=O)N1CC(O)(c2ccc(C(=O)NCc3ccn4ccnc4c3)s2)C1. The number of nitrogens with one attached hydrogen (secondary N) is 1. The number of β-amino-alcohol motifs (C(OH)–C–C–N with tert-alkyl or cyclic N) is 1. The predicted molar refractivity (Wildman–Crippen MR) is 112 cm³/mol. The number of carbonyl (C=O) groups excluding carboxylic acids is 2. The van der Waals surface area contributed by atoms with Crippen molar-refractivity contribution in [3.63, 3.8) is 0 Å². The lowest BCUT2D eigenvalue weighted by molar-refractivity contribution is -0.101. The Morgan fingerprint density at radius 3 is 2.77 bits per heavy atom. The maximum absolute atomic E-state index is 12.5. The van der Waals surface area contributed by atoms with E-state index in [1.54, 1.807) is 39.1 Å². The number of thiophene rings is 1. The summed E-state index contributed by atoms with van der Waals surface area (Å²) >= 11 is 1.23. The number of rotatable bonds is 4. The lowest BCUT2D eigenvalue weighted by atomic mass is 9.93. The average Bonchev–Trinajstić information content (AvgIpc) is 3.31. The first-order valence-electron chi connectivity index (χ1n) is 9.63. The number of likely N-dealkylation sites (tertiary alicyclic amines) is 1. The van der Waals surface area contributed by atoms with Crippen LogP contribution in [0.4, 0.5) is 4.79 Å². The van der Waals surface area contributed by atoms with E-state index in [4.69, 9.17) is 4.74 Å². The quantitative estimate of drug-likeness (QED) is 0.666. The molecule has 1 fully saturated rings. The third-order valence-corrected chi connectivity index (χ3v) is 6.04. The minimum atomic E-state index is -1.15. The first-order valence-corrected chi connectivity index (χ1v) is 10.5. The number of fused-ring (bicyclic) bond motifs is 1. The van der Waals surface area contributed by atoms with Crippen molar-refractivity contribution in [3.05, 3.63) is 58.2 Å². The van der Waals surface area contributed by atoms with Gasteiger partial charge in [0.15, 0.2) is 0 Å². The fourth-order valence-corrected chi connectivity index (χ4v) is 4.23. The zero-order valence-corrected chi connectivity index (χ0v) is 17.9. The summed E-state index contributed by atoms with van der Waals surface area (Å²) in [7, 11) is 0. The number of pyridine rings is 1. The largest absolute Gasteiger partial charge is 0.444 e. The lowest BCUT2D eigenvalue weighted by Crippen LogP contribution is -2.61. The zero-order valence-electron chi connectivity index (χ0n) is 17.1. The molecule has 4 heterocycles. The van der Waals surface area contributed by atoms with Gasteiger partial charge in [-0.2, -0.15) is 0 Å². The molecule has 3 aromatic rings. The molecule has 1 aliphatic rings. The maximum Gasteiger partial charge on any atom is 0.410 e. The van der Waals surface area contributed by atoms with Crippen molar-refractivity contribution in [1.82, 2.24) is 19.6 Å². The molecule has 0 unspecified atom stereocenters. The Labute approximate surface area is 178 Å². The molecule has 0 radical (unpaired) electrons. The van der Waals surface area contributed by atoms with Gasteiger partial charge in [-0.25, -0.2) is 9.78 Å². The van der Waals surface area contributed by atoms with Crippen LogP contribution < -0.4 is 5.32 Å². The number of imidazole rings is 1. The van der Waals surface area contributed by atoms with Crippen LogP contribution in [0.15, 0.2) is 42.9 Å². The van der Waals surface area contributed by atoms with Crippen molar-refractivity contribution in [1.29, 1.82) is 0 Å². The Morgan fingerprint density at radius 1 is 1.27 bits per heavy atom. The van der Waals surface area contributed by atoms with Crippen molar-refractivity contribution in [2.24, 2.45) is 0 Å². The van der Waals surface area contributed by atoms with E-state index in [0.29, 0.717) is 16.3 Å². The second kappa shape index (κ2) is 7.41. The molecule has 3 aromatic heterocycles. The van der Waals surface area contributed by atoms with Gasteiger partial charge in [0.2, 0.25) is 0 Å². The van der Waals surface area contributed by atoms with Crippen LogP contribution in [-0.4, -0.2) is 50.1 Å². The zero-order chi connectivity index (χ0) is 21.5. The van der Waals surface area contributed by atoms with E-state index in [-0.39, 0.29) is 19.0 Å². The highest BCUT2D eigenvalue weighted by Gasteiger charge is 2.47. The maximum atomic E-state index is 12.5. The molecule has 0 bridgehead atoms. The molecule has 0 atom stereocenters. The van der Waals surface area contributed by atoms with Crippen molar-refractivity contribution in [2.45, 2.75) is 38.5 Å². The Hall–Kier alpha value is -2.91. The lowest BCUT2D eigenvalue weighted by Gasteiger charge is -2.45. The third-order valence-electron chi connectivity index (χ3n) is 4.76. The Kier molecular flexibility index (Phi) is 5.03. The van der Waals surface area contributed by atoms with Crippen molar-refractivity contribution in [2.75, 3.05) is 13.1 Å². The number of aromatic nitrogens is 2. The normalized spacial score (nSPS) is 15.7. The molecule has 0 spiro atoms. The van der Waals surface area contributed by atoms with E-state index >= 15 is 0 Å². The van der Waals surface area contributed by atoms with E-state index in [2.05, 4.69) is 10.3 Å². The van der Waals surface area contributed by atoms with Crippen LogP contribution in [-0.2, 0) is 16.9 Å². The van der Waals surface area contributed by atoms with Gasteiger partial charge in [0.05, 0.1) is 18.0 Å². The topological polar surface area (TPSA) is 96.2 Å². The molecule has 0 aliphatic carbocycles. The molecule has 1 saturated heterocycles. The van der Waals surface area contributed by atoms with Crippen LogP contribution in [0.3, 0.4) is 0 Å². The summed E-state index contributed by atoms with van der Waals surface area (Å²) in [6.45, 7) is 6.07. The molecule has 30 heavy (non-hydrogen) atoms. The summed E-state index contributed by atoms with van der Waals surface area (Å²) in [5, 5.41) is 13.7. The van der Waals surface area contributed by atoms with E-state index in [1.807, 2.05) is 28.9 Å². The summed E-state index contributed by atoms with van der Waals surface area (Å²) in [6, 6.07) is 7.28. The number of nitrogens with zero attached hydrogens (tertiary/aromatic N) is 3. The second-order valence-electron chi connectivity index (χ2n) is 8.44. The molecule has 0 saturated carbocycles. The van der Waals surface area contributed by atoms with Crippen LogP contribution in [0.25, 0.3) is 5.65 Å². The van der Waals surface area contributed by atoms with Crippen LogP contribution in [0.2, 0.25) is 0 Å². The van der Waals surface area contributed by atoms with Gasteiger partial charge in [-0.3, -0.25) is 4.79 Å². The molecule has 4 rings (SSSR count). The van der Waals surface area contributed by atoms with Gasteiger partial charge in [0, 0.05) is 30.0 Å². The van der Waals surface area contributed by atoms with Crippen molar-refractivity contribution < 1.29 is 19.4 Å². The fraction of sp³-hybridized carbons (Fsp3) is 0.381. The highest BCUT2D eigenvalue weighted by Crippen LogP contribution is 2.37. The number of amides is 2. The molecule has 1 aliphatic heterocycles. The van der Waals surface area contributed by atoms with E-state index < -0.39 is 17.3 Å². The van der Waals surface area contributed by atoms with Crippen molar-refractivity contribution >= 4 is 29.0 Å². The van der Waals surface area contributed by atoms with Gasteiger partial charge in [-0.05, 0) is 50.6 Å². The van der Waals surface area contributed by atoms with Crippen LogP contribution in [0, 0.1) is 0 Å². The van der Waals surface area contributed by atoms with E-state index in [1.165, 1.54) is 16.2 Å². The van der Waals surface area contributed by atoms with Gasteiger partial charge in [0.25, 0.3) is 5.91 Å². The van der Waals surface area contributed by atoms with E-state index in [0.717, 1.165) is 11.2 Å². The summed E-state index contributed by atoms with van der Waals surface area (Å²) in [5.41, 5.74) is 0.0405. The number of aliphatic hydroxyl groups is 1. The van der Waals surface area contributed by atoms with Gasteiger partial charge < -0.3 is 24.5 Å². The highest BCUT2D eigenvalue weighted by molar-refractivity contribution is 7.14. The smallest absolute Gasteiger partial charge is 0.410 e. The standard InChI is InChI=1S/C21H24N4O4S/c1-20(2,3)29-19(27)25-12-21(28,13-25)16-5-4-15(30-16)18(26)23-11-14-6-8-24-9-7-22-17(24)10-14/h4-10,28H,11-13H2,1-3H3,(H,23,26). The molecule has 9 heteroatoms. The van der Waals surface area contributed by atoms with Gasteiger partial charge >= 0.3 is 6.09 Å². The van der Waals surface area contributed by atoms with Crippen LogP contribution in [0.1, 0.15) is 40.9 Å². The van der Waals surface area contributed by atoms with E-state index in [9.17, 15) is 14.7 Å². The Morgan fingerprint density at radius 2 is 2.03 bits per heavy atom. The molecule has 158 valence electrons. The molecule has 8 nitrogen and oxygen atoms in total. The van der Waals surface area contributed by atoms with Gasteiger partial charge in [0.1, 0.15) is 16.8 Å². The second-order valence-corrected chi connectivity index (χ2v) is 9.53. The van der Waals surface area contributed by atoms with Crippen LogP contribution >= 0.6 is 11.3 Å². The summed E-state index contributed by atoms with van der Waals surface area (Å²) in [6.07, 6.45) is 5.03. The van der Waals surface area contributed by atoms with Crippen LogP contribution in [0.5, 0.6) is 0 Å². The molecule has 2 N–H and O–H groups in total. The molecular formula is C21H24N4O4S. The fourth-order valence-electron chi connectivity index (χ4n) is 3.24. The molecule has 0 aromatic carbocycles. The number of ether oxygens (including phenoxy) is 1. The van der Waals surface area contributed by atoms with Gasteiger partial charge in [-0.1, -0.05) is 0 Å². The Bertz CT molecular complexity index is 1090. The predicted octanol–water partition coefficient (Wildman–Crippen LogP) is 2.76. The summed E-state index contributed by atoms with van der Waals surface area (Å²) < 4.78 is 7.22. The number of hydrogen-bond donors (Lipinski definition) is 2. The minimum Gasteiger partial charge on any atom is -0.444 e. The van der Waals surface area contributed by atoms with Gasteiger partial charge in [-0.15, -0.1) is 11.3 Å². The van der Waals surface area contributed by atoms with Crippen molar-refractivity contribution in [3.8, 4) is 0 Å². The number of hydrogen-bond acceptors (Lipinski definition) is 6. The minimum absolute atomic E-state index is 0.147. The average molecular weight is 429 g/mol. The molecule has 2 amide bonds. The molecular weight excluding hydrogens is 404 g/mol. The monoisotopic (exact) mass is 428 g/mol. The third kappa shape index (κ3) is 4.17. The summed E-state index contributed by atoms with van der Waals surface area (Å²) in [5.74, 6) is -0.207. The summed E-state index contributed by atoms with van der Waals surface area (Å²) in [4.78, 5) is 31.5.